The number of rotatable bonds is 3. The van der Waals surface area contributed by atoms with E-state index in [1.54, 1.807) is 0 Å². The van der Waals surface area contributed by atoms with Crippen molar-refractivity contribution in [2.45, 2.75) is 45.7 Å². The van der Waals surface area contributed by atoms with Crippen molar-refractivity contribution in [1.29, 1.82) is 0 Å². The molecule has 0 bridgehead atoms. The molecule has 0 aromatic rings. The molecule has 0 aromatic carbocycles. The topological polar surface area (TPSA) is 18.5 Å². The number of nitrogens with zero attached hydrogens (tertiary/aromatic N) is 2. The van der Waals surface area contributed by atoms with Crippen LogP contribution in [0.15, 0.2) is 0 Å². The zero-order chi connectivity index (χ0) is 12.5. The van der Waals surface area contributed by atoms with Gasteiger partial charge in [-0.2, -0.15) is 0 Å². The first-order chi connectivity index (χ1) is 8.01. The van der Waals surface area contributed by atoms with Gasteiger partial charge in [0.1, 0.15) is 0 Å². The summed E-state index contributed by atoms with van der Waals surface area (Å²) in [7, 11) is 0. The van der Waals surface area contributed by atoms with E-state index in [2.05, 4.69) is 42.8 Å². The van der Waals surface area contributed by atoms with E-state index in [0.29, 0.717) is 5.54 Å². The second-order valence-electron chi connectivity index (χ2n) is 6.58. The van der Waals surface area contributed by atoms with Gasteiger partial charge in [0, 0.05) is 50.8 Å². The van der Waals surface area contributed by atoms with Crippen molar-refractivity contribution in [2.24, 2.45) is 5.92 Å². The van der Waals surface area contributed by atoms with E-state index in [1.807, 2.05) is 0 Å². The van der Waals surface area contributed by atoms with Crippen LogP contribution in [0.3, 0.4) is 0 Å². The second kappa shape index (κ2) is 5.25. The largest absolute Gasteiger partial charge is 0.314 e. The van der Waals surface area contributed by atoms with Gasteiger partial charge in [-0.05, 0) is 26.2 Å². The summed E-state index contributed by atoms with van der Waals surface area (Å²) in [5.41, 5.74) is 0.349. The maximum absolute atomic E-state index is 3.45. The van der Waals surface area contributed by atoms with Crippen molar-refractivity contribution >= 4 is 0 Å². The van der Waals surface area contributed by atoms with Gasteiger partial charge in [-0.3, -0.25) is 9.80 Å². The standard InChI is InChI=1S/C14H29N3/c1-12(2)11-17-8-5-13(14(17,3)4)16-9-6-15-7-10-16/h12-13,15H,5-11H2,1-4H3. The summed E-state index contributed by atoms with van der Waals surface area (Å²) in [5, 5.41) is 3.45. The Bertz CT molecular complexity index is 244. The van der Waals surface area contributed by atoms with Crippen LogP contribution in [-0.4, -0.2) is 60.6 Å². The number of nitrogens with one attached hydrogen (secondary N) is 1. The average molecular weight is 239 g/mol. The normalized spacial score (nSPS) is 31.2. The lowest BCUT2D eigenvalue weighted by atomic mass is 9.93. The summed E-state index contributed by atoms with van der Waals surface area (Å²) in [6.45, 7) is 16.8. The van der Waals surface area contributed by atoms with Crippen LogP contribution in [0.2, 0.25) is 0 Å². The highest BCUT2D eigenvalue weighted by atomic mass is 15.3. The van der Waals surface area contributed by atoms with E-state index < -0.39 is 0 Å². The maximum atomic E-state index is 3.45. The molecule has 2 aliphatic heterocycles. The van der Waals surface area contributed by atoms with Crippen LogP contribution < -0.4 is 5.32 Å². The van der Waals surface area contributed by atoms with Gasteiger partial charge in [0.2, 0.25) is 0 Å². The Hall–Kier alpha value is -0.120. The van der Waals surface area contributed by atoms with Crippen molar-refractivity contribution in [3.05, 3.63) is 0 Å². The van der Waals surface area contributed by atoms with E-state index in [0.717, 1.165) is 25.0 Å². The van der Waals surface area contributed by atoms with E-state index in [1.165, 1.54) is 32.6 Å². The summed E-state index contributed by atoms with van der Waals surface area (Å²) in [4.78, 5) is 5.40. The van der Waals surface area contributed by atoms with Gasteiger partial charge in [-0.1, -0.05) is 13.8 Å². The molecule has 0 aromatic heterocycles. The lowest BCUT2D eigenvalue weighted by Crippen LogP contribution is -2.57. The molecular weight excluding hydrogens is 210 g/mol. The molecule has 0 aliphatic carbocycles. The van der Waals surface area contributed by atoms with E-state index in [4.69, 9.17) is 0 Å². The lowest BCUT2D eigenvalue weighted by molar-refractivity contribution is 0.0664. The van der Waals surface area contributed by atoms with Crippen LogP contribution in [0.25, 0.3) is 0 Å². The molecule has 2 saturated heterocycles. The molecule has 1 unspecified atom stereocenters. The third-order valence-electron chi connectivity index (χ3n) is 4.48. The third kappa shape index (κ3) is 2.83. The fourth-order valence-electron chi connectivity index (χ4n) is 3.52. The summed E-state index contributed by atoms with van der Waals surface area (Å²) < 4.78 is 0. The van der Waals surface area contributed by atoms with Gasteiger partial charge in [-0.25, -0.2) is 0 Å². The van der Waals surface area contributed by atoms with Gasteiger partial charge in [-0.15, -0.1) is 0 Å². The van der Waals surface area contributed by atoms with Gasteiger partial charge >= 0.3 is 0 Å². The predicted molar refractivity (Wildman–Crippen MR) is 73.3 cm³/mol. The summed E-state index contributed by atoms with van der Waals surface area (Å²) >= 11 is 0. The third-order valence-corrected chi connectivity index (χ3v) is 4.48. The average Bonchev–Trinajstić information content (AvgIpc) is 2.55. The highest BCUT2D eigenvalue weighted by molar-refractivity contribution is 5.01. The molecule has 1 N–H and O–H groups in total. The number of likely N-dealkylation sites (tertiary alicyclic amines) is 1. The SMILES string of the molecule is CC(C)CN1CCC(N2CCNCC2)C1(C)C. The molecule has 0 radical (unpaired) electrons. The zero-order valence-corrected chi connectivity index (χ0v) is 12.0. The minimum Gasteiger partial charge on any atom is -0.314 e. The molecular formula is C14H29N3. The maximum Gasteiger partial charge on any atom is 0.0309 e. The molecule has 100 valence electrons. The number of hydrogen-bond donors (Lipinski definition) is 1. The first kappa shape index (κ1) is 13.3. The van der Waals surface area contributed by atoms with E-state index in [9.17, 15) is 0 Å². The summed E-state index contributed by atoms with van der Waals surface area (Å²) in [6.07, 6.45) is 1.35. The fraction of sp³-hybridized carbons (Fsp3) is 1.00. The van der Waals surface area contributed by atoms with Crippen molar-refractivity contribution in [1.82, 2.24) is 15.1 Å². The molecule has 0 spiro atoms. The van der Waals surface area contributed by atoms with Crippen LogP contribution >= 0.6 is 0 Å². The van der Waals surface area contributed by atoms with E-state index in [-0.39, 0.29) is 0 Å². The van der Waals surface area contributed by atoms with Gasteiger partial charge < -0.3 is 5.32 Å². The monoisotopic (exact) mass is 239 g/mol. The van der Waals surface area contributed by atoms with Gasteiger partial charge in [0.05, 0.1) is 0 Å². The second-order valence-corrected chi connectivity index (χ2v) is 6.58. The highest BCUT2D eigenvalue weighted by Crippen LogP contribution is 2.33. The molecule has 2 aliphatic rings. The van der Waals surface area contributed by atoms with Crippen molar-refractivity contribution in [3.63, 3.8) is 0 Å². The Morgan fingerprint density at radius 3 is 2.41 bits per heavy atom. The summed E-state index contributed by atoms with van der Waals surface area (Å²) in [6, 6.07) is 0.753. The van der Waals surface area contributed by atoms with Crippen molar-refractivity contribution in [2.75, 3.05) is 39.3 Å². The lowest BCUT2D eigenvalue weighted by Gasteiger charge is -2.43. The minimum atomic E-state index is 0.349. The first-order valence-electron chi connectivity index (χ1n) is 7.21. The van der Waals surface area contributed by atoms with Crippen LogP contribution in [0, 0.1) is 5.92 Å². The molecule has 17 heavy (non-hydrogen) atoms. The highest BCUT2D eigenvalue weighted by Gasteiger charge is 2.44. The fourth-order valence-corrected chi connectivity index (χ4v) is 3.52. The Labute approximate surface area is 107 Å². The number of hydrogen-bond acceptors (Lipinski definition) is 3. The van der Waals surface area contributed by atoms with Crippen LogP contribution in [-0.2, 0) is 0 Å². The van der Waals surface area contributed by atoms with Gasteiger partial charge in [0.15, 0.2) is 0 Å². The van der Waals surface area contributed by atoms with Crippen molar-refractivity contribution < 1.29 is 0 Å². The van der Waals surface area contributed by atoms with E-state index >= 15 is 0 Å². The van der Waals surface area contributed by atoms with Crippen molar-refractivity contribution in [3.8, 4) is 0 Å². The summed E-state index contributed by atoms with van der Waals surface area (Å²) in [5.74, 6) is 0.774. The molecule has 0 saturated carbocycles. The van der Waals surface area contributed by atoms with Crippen LogP contribution in [0.4, 0.5) is 0 Å². The Balaban J connectivity index is 1.99. The first-order valence-corrected chi connectivity index (χ1v) is 7.21. The molecule has 3 heteroatoms. The Kier molecular flexibility index (Phi) is 4.11. The molecule has 2 fully saturated rings. The van der Waals surface area contributed by atoms with Crippen LogP contribution in [0.1, 0.15) is 34.1 Å². The molecule has 0 amide bonds. The quantitative estimate of drug-likeness (QED) is 0.803. The zero-order valence-electron chi connectivity index (χ0n) is 12.0. The number of piperazine rings is 1. The minimum absolute atomic E-state index is 0.349. The molecule has 3 nitrogen and oxygen atoms in total. The molecule has 2 rings (SSSR count). The molecule has 1 atom stereocenters. The van der Waals surface area contributed by atoms with Crippen LogP contribution in [0.5, 0.6) is 0 Å². The smallest absolute Gasteiger partial charge is 0.0309 e. The molecule has 2 heterocycles. The Morgan fingerprint density at radius 1 is 1.18 bits per heavy atom. The predicted octanol–water partition coefficient (Wildman–Crippen LogP) is 1.40. The van der Waals surface area contributed by atoms with Gasteiger partial charge in [0.25, 0.3) is 0 Å². The Morgan fingerprint density at radius 2 is 1.82 bits per heavy atom.